The van der Waals surface area contributed by atoms with Gasteiger partial charge < -0.3 is 9.52 Å². The van der Waals surface area contributed by atoms with Gasteiger partial charge in [0.25, 0.3) is 0 Å². The minimum atomic E-state index is -0.161. The zero-order chi connectivity index (χ0) is 13.1. The Bertz CT molecular complexity index is 267. The number of hydrogen-bond acceptors (Lipinski definition) is 2. The fourth-order valence-electron chi connectivity index (χ4n) is 2.25. The Morgan fingerprint density at radius 1 is 1.06 bits per heavy atom. The molecule has 1 atom stereocenters. The maximum absolute atomic E-state index is 9.85. The molecule has 0 saturated heterocycles. The van der Waals surface area contributed by atoms with Crippen molar-refractivity contribution >= 4 is 0 Å². The van der Waals surface area contributed by atoms with Crippen LogP contribution in [0.5, 0.6) is 0 Å². The summed E-state index contributed by atoms with van der Waals surface area (Å²) >= 11 is 0. The van der Waals surface area contributed by atoms with Crippen molar-refractivity contribution in [2.45, 2.75) is 77.2 Å². The third kappa shape index (κ3) is 7.54. The third-order valence-electron chi connectivity index (χ3n) is 3.44. The zero-order valence-corrected chi connectivity index (χ0v) is 11.7. The van der Waals surface area contributed by atoms with Crippen LogP contribution < -0.4 is 0 Å². The van der Waals surface area contributed by atoms with Crippen LogP contribution in [0.2, 0.25) is 0 Å². The summed E-state index contributed by atoms with van der Waals surface area (Å²) in [4.78, 5) is 0. The Morgan fingerprint density at radius 2 is 1.78 bits per heavy atom. The number of rotatable bonds is 11. The standard InChI is InChI=1S/C16H28O2/c1-2-3-4-5-6-7-8-10-15(17)12-13-16-11-9-14-18-16/h9,11,14-15,17H,2-8,10,12-13H2,1H3. The molecule has 0 aliphatic rings. The molecule has 0 radical (unpaired) electrons. The lowest BCUT2D eigenvalue weighted by Gasteiger charge is -2.09. The van der Waals surface area contributed by atoms with E-state index >= 15 is 0 Å². The number of aliphatic hydroxyl groups excluding tert-OH is 1. The second-order valence-corrected chi connectivity index (χ2v) is 5.18. The summed E-state index contributed by atoms with van der Waals surface area (Å²) in [5.74, 6) is 0.980. The maximum Gasteiger partial charge on any atom is 0.103 e. The first-order valence-corrected chi connectivity index (χ1v) is 7.53. The lowest BCUT2D eigenvalue weighted by atomic mass is 10.0. The monoisotopic (exact) mass is 252 g/mol. The topological polar surface area (TPSA) is 33.4 Å². The molecule has 2 nitrogen and oxygen atoms in total. The van der Waals surface area contributed by atoms with Crippen molar-refractivity contribution in [2.24, 2.45) is 0 Å². The van der Waals surface area contributed by atoms with Gasteiger partial charge in [0.15, 0.2) is 0 Å². The van der Waals surface area contributed by atoms with Gasteiger partial charge >= 0.3 is 0 Å². The average molecular weight is 252 g/mol. The highest BCUT2D eigenvalue weighted by Crippen LogP contribution is 2.13. The van der Waals surface area contributed by atoms with Gasteiger partial charge in [-0.25, -0.2) is 0 Å². The molecular weight excluding hydrogens is 224 g/mol. The minimum Gasteiger partial charge on any atom is -0.469 e. The van der Waals surface area contributed by atoms with Crippen LogP contribution in [-0.2, 0) is 6.42 Å². The van der Waals surface area contributed by atoms with E-state index in [1.807, 2.05) is 12.1 Å². The lowest BCUT2D eigenvalue weighted by Crippen LogP contribution is -2.07. The molecule has 1 heterocycles. The molecule has 0 amide bonds. The van der Waals surface area contributed by atoms with Gasteiger partial charge in [0.05, 0.1) is 12.4 Å². The second-order valence-electron chi connectivity index (χ2n) is 5.18. The molecule has 2 heteroatoms. The van der Waals surface area contributed by atoms with E-state index < -0.39 is 0 Å². The average Bonchev–Trinajstić information content (AvgIpc) is 2.88. The van der Waals surface area contributed by atoms with Crippen LogP contribution in [0, 0.1) is 0 Å². The van der Waals surface area contributed by atoms with Crippen LogP contribution in [0.15, 0.2) is 22.8 Å². The Morgan fingerprint density at radius 3 is 2.44 bits per heavy atom. The minimum absolute atomic E-state index is 0.161. The summed E-state index contributed by atoms with van der Waals surface area (Å²) in [5, 5.41) is 9.85. The summed E-state index contributed by atoms with van der Waals surface area (Å²) in [5.41, 5.74) is 0. The van der Waals surface area contributed by atoms with Gasteiger partial charge in [0.1, 0.15) is 5.76 Å². The van der Waals surface area contributed by atoms with Crippen LogP contribution in [0.4, 0.5) is 0 Å². The first-order chi connectivity index (χ1) is 8.83. The van der Waals surface area contributed by atoms with E-state index in [-0.39, 0.29) is 6.10 Å². The van der Waals surface area contributed by atoms with Gasteiger partial charge in [-0.15, -0.1) is 0 Å². The lowest BCUT2D eigenvalue weighted by molar-refractivity contribution is 0.149. The molecule has 18 heavy (non-hydrogen) atoms. The molecule has 1 aromatic rings. The van der Waals surface area contributed by atoms with Crippen molar-refractivity contribution in [3.05, 3.63) is 24.2 Å². The van der Waals surface area contributed by atoms with Crippen LogP contribution in [-0.4, -0.2) is 11.2 Å². The van der Waals surface area contributed by atoms with Crippen LogP contribution in [0.1, 0.15) is 70.5 Å². The van der Waals surface area contributed by atoms with E-state index in [9.17, 15) is 5.11 Å². The number of unbranched alkanes of at least 4 members (excludes halogenated alkanes) is 6. The second kappa shape index (κ2) is 10.2. The van der Waals surface area contributed by atoms with Gasteiger partial charge in [0, 0.05) is 6.42 Å². The molecule has 0 fully saturated rings. The summed E-state index contributed by atoms with van der Waals surface area (Å²) in [6.45, 7) is 2.25. The molecule has 1 aromatic heterocycles. The fourth-order valence-corrected chi connectivity index (χ4v) is 2.25. The maximum atomic E-state index is 9.85. The highest BCUT2D eigenvalue weighted by Gasteiger charge is 2.05. The third-order valence-corrected chi connectivity index (χ3v) is 3.44. The molecule has 104 valence electrons. The number of aliphatic hydroxyl groups is 1. The number of hydrogen-bond donors (Lipinski definition) is 1. The zero-order valence-electron chi connectivity index (χ0n) is 11.7. The molecule has 0 spiro atoms. The van der Waals surface area contributed by atoms with Crippen LogP contribution >= 0.6 is 0 Å². The Kier molecular flexibility index (Phi) is 8.66. The summed E-state index contributed by atoms with van der Waals surface area (Å²) < 4.78 is 5.25. The number of aryl methyl sites for hydroxylation is 1. The molecule has 0 aliphatic carbocycles. The van der Waals surface area contributed by atoms with E-state index in [0.717, 1.165) is 31.4 Å². The molecule has 1 N–H and O–H groups in total. The van der Waals surface area contributed by atoms with Crippen LogP contribution in [0.25, 0.3) is 0 Å². The van der Waals surface area contributed by atoms with Gasteiger partial charge in [-0.05, 0) is 25.0 Å². The first kappa shape index (κ1) is 15.3. The first-order valence-electron chi connectivity index (χ1n) is 7.53. The Balaban J connectivity index is 1.89. The van der Waals surface area contributed by atoms with Crippen LogP contribution in [0.3, 0.4) is 0 Å². The fraction of sp³-hybridized carbons (Fsp3) is 0.750. The van der Waals surface area contributed by atoms with E-state index in [1.54, 1.807) is 6.26 Å². The molecular formula is C16H28O2. The summed E-state index contributed by atoms with van der Waals surface area (Å²) in [6.07, 6.45) is 13.3. The normalized spacial score (nSPS) is 12.8. The smallest absolute Gasteiger partial charge is 0.103 e. The predicted octanol–water partition coefficient (Wildman–Crippen LogP) is 4.71. The Hall–Kier alpha value is -0.760. The molecule has 0 saturated carbocycles. The van der Waals surface area contributed by atoms with E-state index in [2.05, 4.69) is 6.92 Å². The van der Waals surface area contributed by atoms with Gasteiger partial charge in [-0.3, -0.25) is 0 Å². The van der Waals surface area contributed by atoms with Gasteiger partial charge in [-0.2, -0.15) is 0 Å². The van der Waals surface area contributed by atoms with Crippen molar-refractivity contribution in [2.75, 3.05) is 0 Å². The summed E-state index contributed by atoms with van der Waals surface area (Å²) in [6, 6.07) is 3.87. The highest BCUT2D eigenvalue weighted by molar-refractivity contribution is 4.98. The predicted molar refractivity (Wildman–Crippen MR) is 75.6 cm³/mol. The van der Waals surface area contributed by atoms with E-state index in [4.69, 9.17) is 4.42 Å². The van der Waals surface area contributed by atoms with Crippen molar-refractivity contribution in [1.82, 2.24) is 0 Å². The Labute approximate surface area is 111 Å². The highest BCUT2D eigenvalue weighted by atomic mass is 16.3. The molecule has 1 unspecified atom stereocenters. The summed E-state index contributed by atoms with van der Waals surface area (Å²) in [7, 11) is 0. The van der Waals surface area contributed by atoms with Gasteiger partial charge in [0.2, 0.25) is 0 Å². The van der Waals surface area contributed by atoms with E-state index in [0.29, 0.717) is 0 Å². The molecule has 0 aromatic carbocycles. The largest absolute Gasteiger partial charge is 0.469 e. The quantitative estimate of drug-likeness (QED) is 0.578. The van der Waals surface area contributed by atoms with Crippen molar-refractivity contribution in [1.29, 1.82) is 0 Å². The van der Waals surface area contributed by atoms with Crippen molar-refractivity contribution in [3.63, 3.8) is 0 Å². The molecule has 0 aliphatic heterocycles. The van der Waals surface area contributed by atoms with E-state index in [1.165, 1.54) is 38.5 Å². The molecule has 0 bridgehead atoms. The number of furan rings is 1. The molecule has 1 rings (SSSR count). The SMILES string of the molecule is CCCCCCCCCC(O)CCc1ccco1. The van der Waals surface area contributed by atoms with Gasteiger partial charge in [-0.1, -0.05) is 51.9 Å². The van der Waals surface area contributed by atoms with Crippen molar-refractivity contribution < 1.29 is 9.52 Å². The van der Waals surface area contributed by atoms with Crippen molar-refractivity contribution in [3.8, 4) is 0 Å².